The van der Waals surface area contributed by atoms with Gasteiger partial charge in [0.05, 0.1) is 20.2 Å². The molecule has 0 unspecified atom stereocenters. The summed E-state index contributed by atoms with van der Waals surface area (Å²) < 4.78 is 15.5. The van der Waals surface area contributed by atoms with Crippen molar-refractivity contribution < 1.29 is 23.5 Å². The second-order valence-corrected chi connectivity index (χ2v) is 6.15. The molecule has 0 aliphatic carbocycles. The van der Waals surface area contributed by atoms with Crippen molar-refractivity contribution >= 4 is 12.1 Å². The van der Waals surface area contributed by atoms with Crippen LogP contribution in [0.2, 0.25) is 0 Å². The van der Waals surface area contributed by atoms with Crippen LogP contribution >= 0.6 is 0 Å². The van der Waals surface area contributed by atoms with E-state index >= 15 is 0 Å². The summed E-state index contributed by atoms with van der Waals surface area (Å²) in [5.41, 5.74) is -0.186. The largest absolute Gasteiger partial charge is 0.464 e. The van der Waals surface area contributed by atoms with E-state index in [1.54, 1.807) is 11.9 Å². The van der Waals surface area contributed by atoms with E-state index in [1.807, 2.05) is 0 Å². The lowest BCUT2D eigenvalue weighted by Gasteiger charge is -2.25. The van der Waals surface area contributed by atoms with Crippen LogP contribution in [0.25, 0.3) is 0 Å². The number of carbonyl (C=O) groups is 2. The highest BCUT2D eigenvalue weighted by atomic mass is 16.6. The van der Waals surface area contributed by atoms with E-state index in [9.17, 15) is 9.59 Å². The molecule has 0 N–H and O–H groups in total. The lowest BCUT2D eigenvalue weighted by Crippen LogP contribution is -2.35. The zero-order chi connectivity index (χ0) is 16.4. The Kier molecular flexibility index (Phi) is 4.25. The highest BCUT2D eigenvalue weighted by Crippen LogP contribution is 2.32. The number of ether oxygens (including phenoxy) is 2. The molecular formula is C15H21N3O5. The van der Waals surface area contributed by atoms with Crippen molar-refractivity contribution in [2.24, 2.45) is 0 Å². The number of carbonyl (C=O) groups excluding carboxylic acids is 2. The summed E-state index contributed by atoms with van der Waals surface area (Å²) in [6, 6.07) is 0. The molecule has 2 aliphatic heterocycles. The molecule has 8 heteroatoms. The summed E-state index contributed by atoms with van der Waals surface area (Å²) in [6.07, 6.45) is 3.65. The maximum atomic E-state index is 11.6. The minimum atomic E-state index is -0.504. The lowest BCUT2D eigenvalue weighted by molar-refractivity contribution is 0.0440. The molecule has 0 bridgehead atoms. The number of hydrogen-bond acceptors (Lipinski definition) is 7. The van der Waals surface area contributed by atoms with E-state index in [-0.39, 0.29) is 17.4 Å². The third-order valence-corrected chi connectivity index (χ3v) is 4.44. The Morgan fingerprint density at radius 2 is 2.26 bits per heavy atom. The number of likely N-dealkylation sites (tertiary alicyclic amines) is 1. The number of rotatable bonds is 3. The van der Waals surface area contributed by atoms with Crippen LogP contribution in [0, 0.1) is 0 Å². The van der Waals surface area contributed by atoms with E-state index in [0.717, 1.165) is 32.4 Å². The fraction of sp³-hybridized carbons (Fsp3) is 0.667. The average Bonchev–Trinajstić information content (AvgIpc) is 3.03. The fourth-order valence-electron chi connectivity index (χ4n) is 3.21. The van der Waals surface area contributed by atoms with Crippen LogP contribution in [0.1, 0.15) is 35.6 Å². The molecule has 1 atom stereocenters. The summed E-state index contributed by atoms with van der Waals surface area (Å²) in [5.74, 6) is -0.0161. The topological polar surface area (TPSA) is 85.1 Å². The van der Waals surface area contributed by atoms with E-state index in [2.05, 4.69) is 14.6 Å². The van der Waals surface area contributed by atoms with Crippen molar-refractivity contribution in [2.45, 2.75) is 31.4 Å². The molecule has 2 saturated heterocycles. The molecule has 3 heterocycles. The summed E-state index contributed by atoms with van der Waals surface area (Å²) in [5, 5.41) is 0. The van der Waals surface area contributed by atoms with Gasteiger partial charge in [0.15, 0.2) is 5.69 Å². The van der Waals surface area contributed by atoms with Crippen LogP contribution in [0.15, 0.2) is 10.7 Å². The number of esters is 1. The Labute approximate surface area is 134 Å². The maximum Gasteiger partial charge on any atom is 0.410 e. The molecule has 1 spiro atoms. The van der Waals surface area contributed by atoms with Gasteiger partial charge < -0.3 is 18.8 Å². The van der Waals surface area contributed by atoms with E-state index in [0.29, 0.717) is 19.0 Å². The smallest absolute Gasteiger partial charge is 0.410 e. The molecule has 1 aromatic rings. The maximum absolute atomic E-state index is 11.6. The number of oxazole rings is 1. The van der Waals surface area contributed by atoms with Gasteiger partial charge in [0, 0.05) is 20.0 Å². The van der Waals surface area contributed by atoms with Gasteiger partial charge in [0.25, 0.3) is 0 Å². The van der Waals surface area contributed by atoms with Crippen molar-refractivity contribution in [3.63, 3.8) is 0 Å². The average molecular weight is 323 g/mol. The number of hydrogen-bond donors (Lipinski definition) is 0. The minimum absolute atomic E-state index is 0.181. The molecule has 3 rings (SSSR count). The van der Waals surface area contributed by atoms with E-state index in [4.69, 9.17) is 9.15 Å². The normalized spacial score (nSPS) is 25.5. The van der Waals surface area contributed by atoms with Gasteiger partial charge in [-0.2, -0.15) is 0 Å². The summed E-state index contributed by atoms with van der Waals surface area (Å²) in [4.78, 5) is 31.0. The Bertz CT molecular complexity index is 602. The van der Waals surface area contributed by atoms with Crippen LogP contribution < -0.4 is 0 Å². The molecule has 1 amide bonds. The van der Waals surface area contributed by atoms with E-state index < -0.39 is 5.97 Å². The fourth-order valence-corrected chi connectivity index (χ4v) is 3.21. The predicted octanol–water partition coefficient (Wildman–Crippen LogP) is 1.27. The zero-order valence-electron chi connectivity index (χ0n) is 13.4. The molecule has 126 valence electrons. The first kappa shape index (κ1) is 15.8. The molecule has 2 fully saturated rings. The predicted molar refractivity (Wildman–Crippen MR) is 78.8 cm³/mol. The molecule has 2 aliphatic rings. The number of aromatic nitrogens is 1. The van der Waals surface area contributed by atoms with Gasteiger partial charge in [-0.1, -0.05) is 0 Å². The van der Waals surface area contributed by atoms with Crippen molar-refractivity contribution in [1.29, 1.82) is 0 Å². The first-order valence-electron chi connectivity index (χ1n) is 7.70. The minimum Gasteiger partial charge on any atom is -0.464 e. The first-order chi connectivity index (χ1) is 11.0. The van der Waals surface area contributed by atoms with Gasteiger partial charge in [0.2, 0.25) is 5.89 Å². The second kappa shape index (κ2) is 6.19. The summed E-state index contributed by atoms with van der Waals surface area (Å²) in [6.45, 7) is 2.83. The monoisotopic (exact) mass is 323 g/mol. The molecule has 0 radical (unpaired) electrons. The molecule has 8 nitrogen and oxygen atoms in total. The van der Waals surface area contributed by atoms with Crippen molar-refractivity contribution in [2.75, 3.05) is 33.8 Å². The van der Waals surface area contributed by atoms with Crippen molar-refractivity contribution in [1.82, 2.24) is 14.8 Å². The molecule has 0 aromatic carbocycles. The number of likely N-dealkylation sites (N-methyl/N-ethyl adjacent to an activating group) is 1. The third kappa shape index (κ3) is 3.31. The number of nitrogens with zero attached hydrogens (tertiary/aromatic N) is 3. The van der Waals surface area contributed by atoms with Gasteiger partial charge in [-0.05, 0) is 19.4 Å². The summed E-state index contributed by atoms with van der Waals surface area (Å²) >= 11 is 0. The standard InChI is InChI=1S/C15H21N3O5/c1-17-10-15(23-14(17)20)4-3-6-18(7-5-15)8-12-16-11(9-22-12)13(19)21-2/h9H,3-8,10H2,1-2H3/t15-/m1/s1. The number of amides is 1. The molecule has 23 heavy (non-hydrogen) atoms. The Morgan fingerprint density at radius 3 is 2.96 bits per heavy atom. The van der Waals surface area contributed by atoms with Gasteiger partial charge in [0.1, 0.15) is 11.9 Å². The highest BCUT2D eigenvalue weighted by Gasteiger charge is 2.44. The summed E-state index contributed by atoms with van der Waals surface area (Å²) in [7, 11) is 3.08. The Balaban J connectivity index is 1.59. The Hall–Kier alpha value is -2.09. The third-order valence-electron chi connectivity index (χ3n) is 4.44. The van der Waals surface area contributed by atoms with Gasteiger partial charge in [-0.3, -0.25) is 4.90 Å². The first-order valence-corrected chi connectivity index (χ1v) is 7.70. The molecule has 1 aromatic heterocycles. The van der Waals surface area contributed by atoms with Crippen LogP contribution in [0.3, 0.4) is 0 Å². The van der Waals surface area contributed by atoms with Crippen LogP contribution in [0.5, 0.6) is 0 Å². The molecular weight excluding hydrogens is 302 g/mol. The zero-order valence-corrected chi connectivity index (χ0v) is 13.4. The van der Waals surface area contributed by atoms with Crippen molar-refractivity contribution in [3.8, 4) is 0 Å². The van der Waals surface area contributed by atoms with Crippen LogP contribution in [-0.2, 0) is 16.0 Å². The van der Waals surface area contributed by atoms with Gasteiger partial charge in [-0.15, -0.1) is 0 Å². The van der Waals surface area contributed by atoms with Gasteiger partial charge in [-0.25, -0.2) is 14.6 Å². The van der Waals surface area contributed by atoms with Crippen LogP contribution in [0.4, 0.5) is 4.79 Å². The SMILES string of the molecule is COC(=O)c1coc(CN2CCC[C@@]3(CC2)CN(C)C(=O)O3)n1. The lowest BCUT2D eigenvalue weighted by atomic mass is 9.95. The number of methoxy groups -OCH3 is 1. The molecule has 0 saturated carbocycles. The van der Waals surface area contributed by atoms with E-state index in [1.165, 1.54) is 13.4 Å². The second-order valence-electron chi connectivity index (χ2n) is 6.15. The van der Waals surface area contributed by atoms with Gasteiger partial charge >= 0.3 is 12.1 Å². The highest BCUT2D eigenvalue weighted by molar-refractivity contribution is 5.86. The van der Waals surface area contributed by atoms with Crippen LogP contribution in [-0.4, -0.2) is 66.2 Å². The quantitative estimate of drug-likeness (QED) is 0.774. The van der Waals surface area contributed by atoms with Crippen molar-refractivity contribution in [3.05, 3.63) is 17.8 Å². The Morgan fingerprint density at radius 1 is 1.43 bits per heavy atom.